The lowest BCUT2D eigenvalue weighted by molar-refractivity contribution is -0.117. The topological polar surface area (TPSA) is 103 Å². The first-order valence-electron chi connectivity index (χ1n) is 7.15. The van der Waals surface area contributed by atoms with Crippen molar-refractivity contribution in [3.05, 3.63) is 38.9 Å². The maximum Gasteiger partial charge on any atom is 0.272 e. The number of carbonyl (C=O) groups is 2. The number of aromatic nitrogens is 2. The Labute approximate surface area is 135 Å². The van der Waals surface area contributed by atoms with Gasteiger partial charge in [0.1, 0.15) is 0 Å². The minimum atomic E-state index is -0.440. The van der Waals surface area contributed by atoms with Crippen molar-refractivity contribution in [2.75, 3.05) is 17.2 Å². The molecule has 7 nitrogen and oxygen atoms in total. The highest BCUT2D eigenvalue weighted by atomic mass is 32.2. The van der Waals surface area contributed by atoms with Crippen LogP contribution >= 0.6 is 11.8 Å². The van der Waals surface area contributed by atoms with Gasteiger partial charge in [0.25, 0.3) is 11.1 Å². The second kappa shape index (κ2) is 6.04. The molecule has 2 aromatic rings. The van der Waals surface area contributed by atoms with Crippen LogP contribution in [0.2, 0.25) is 0 Å². The molecule has 1 saturated heterocycles. The summed E-state index contributed by atoms with van der Waals surface area (Å²) < 4.78 is 0. The van der Waals surface area contributed by atoms with E-state index in [1.54, 1.807) is 18.2 Å². The molecule has 2 N–H and O–H groups in total. The van der Waals surface area contributed by atoms with Gasteiger partial charge in [0.05, 0.1) is 16.5 Å². The zero-order valence-corrected chi connectivity index (χ0v) is 13.2. The minimum absolute atomic E-state index is 0.0176. The number of rotatable bonds is 3. The van der Waals surface area contributed by atoms with Crippen LogP contribution in [-0.4, -0.2) is 33.5 Å². The number of hydrogen-bond donors (Lipinski definition) is 2. The van der Waals surface area contributed by atoms with Crippen molar-refractivity contribution in [1.82, 2.24) is 10.2 Å². The molecule has 120 valence electrons. The van der Waals surface area contributed by atoms with Gasteiger partial charge in [-0.25, -0.2) is 0 Å². The van der Waals surface area contributed by atoms with Crippen LogP contribution < -0.4 is 16.0 Å². The molecule has 1 fully saturated rings. The summed E-state index contributed by atoms with van der Waals surface area (Å²) in [5.41, 5.74) is -0.406. The van der Waals surface area contributed by atoms with Crippen LogP contribution in [0.3, 0.4) is 0 Å². The van der Waals surface area contributed by atoms with Crippen molar-refractivity contribution < 1.29 is 9.59 Å². The van der Waals surface area contributed by atoms with Gasteiger partial charge in [-0.3, -0.25) is 29.4 Å². The van der Waals surface area contributed by atoms with Gasteiger partial charge in [-0.1, -0.05) is 17.8 Å². The van der Waals surface area contributed by atoms with E-state index in [2.05, 4.69) is 10.2 Å². The normalized spacial score (nSPS) is 17.9. The number of hydrogen-bond acceptors (Lipinski definition) is 5. The molecule has 1 aromatic carbocycles. The Morgan fingerprint density at radius 3 is 2.74 bits per heavy atom. The van der Waals surface area contributed by atoms with E-state index >= 15 is 0 Å². The first-order chi connectivity index (χ1) is 11.0. The minimum Gasteiger partial charge on any atom is -0.311 e. The number of H-pyrrole nitrogens is 2. The summed E-state index contributed by atoms with van der Waals surface area (Å²) in [7, 11) is 0. The van der Waals surface area contributed by atoms with Crippen LogP contribution in [0.5, 0.6) is 0 Å². The van der Waals surface area contributed by atoms with Crippen LogP contribution in [0.4, 0.5) is 5.69 Å². The van der Waals surface area contributed by atoms with Crippen LogP contribution in [-0.2, 0) is 9.59 Å². The molecule has 23 heavy (non-hydrogen) atoms. The maximum atomic E-state index is 12.3. The van der Waals surface area contributed by atoms with Crippen molar-refractivity contribution in [3.63, 3.8) is 0 Å². The molecule has 1 aliphatic heterocycles. The first-order valence-corrected chi connectivity index (χ1v) is 8.13. The fourth-order valence-electron chi connectivity index (χ4n) is 2.80. The summed E-state index contributed by atoms with van der Waals surface area (Å²) in [6.45, 7) is 1.93. The molecule has 0 aliphatic carbocycles. The number of anilines is 1. The predicted octanol–water partition coefficient (Wildman–Crippen LogP) is 0.849. The highest BCUT2D eigenvalue weighted by Gasteiger charge is 2.32. The van der Waals surface area contributed by atoms with E-state index in [4.69, 9.17) is 0 Å². The third-order valence-corrected chi connectivity index (χ3v) is 4.87. The molecule has 1 atom stereocenters. The van der Waals surface area contributed by atoms with Gasteiger partial charge in [-0.05, 0) is 18.1 Å². The smallest absolute Gasteiger partial charge is 0.272 e. The van der Waals surface area contributed by atoms with E-state index in [1.165, 1.54) is 23.6 Å². The highest BCUT2D eigenvalue weighted by Crippen LogP contribution is 2.30. The summed E-state index contributed by atoms with van der Waals surface area (Å²) in [6, 6.07) is 4.86. The van der Waals surface area contributed by atoms with Crippen molar-refractivity contribution in [2.45, 2.75) is 13.3 Å². The number of fused-ring (bicyclic) bond motifs is 1. The Morgan fingerprint density at radius 1 is 1.26 bits per heavy atom. The van der Waals surface area contributed by atoms with Gasteiger partial charge in [0.15, 0.2) is 5.12 Å². The number of benzene rings is 1. The molecule has 8 heteroatoms. The van der Waals surface area contributed by atoms with Gasteiger partial charge < -0.3 is 4.90 Å². The highest BCUT2D eigenvalue weighted by molar-refractivity contribution is 8.13. The van der Waals surface area contributed by atoms with E-state index in [0.29, 0.717) is 24.4 Å². The van der Waals surface area contributed by atoms with E-state index in [0.717, 1.165) is 0 Å². The zero-order chi connectivity index (χ0) is 16.6. The second-order valence-electron chi connectivity index (χ2n) is 5.49. The van der Waals surface area contributed by atoms with Crippen LogP contribution in [0.1, 0.15) is 13.3 Å². The molecule has 3 rings (SSSR count). The fourth-order valence-corrected chi connectivity index (χ4v) is 3.49. The Hall–Kier alpha value is -2.35. The molecule has 0 spiro atoms. The summed E-state index contributed by atoms with van der Waals surface area (Å²) in [5, 5.41) is 5.05. The molecule has 1 aromatic heterocycles. The van der Waals surface area contributed by atoms with E-state index in [1.807, 2.05) is 0 Å². The van der Waals surface area contributed by atoms with Gasteiger partial charge in [-0.2, -0.15) is 0 Å². The molecule has 0 bridgehead atoms. The molecule has 1 amide bonds. The molecule has 2 heterocycles. The third-order valence-electron chi connectivity index (χ3n) is 3.82. The molecule has 0 saturated carbocycles. The van der Waals surface area contributed by atoms with Crippen molar-refractivity contribution in [1.29, 1.82) is 0 Å². The van der Waals surface area contributed by atoms with Gasteiger partial charge >= 0.3 is 0 Å². The summed E-state index contributed by atoms with van der Waals surface area (Å²) in [6.07, 6.45) is 0.331. The maximum absolute atomic E-state index is 12.3. The summed E-state index contributed by atoms with van der Waals surface area (Å²) in [4.78, 5) is 48.9. The molecule has 1 unspecified atom stereocenters. The Balaban J connectivity index is 1.99. The number of nitrogens with zero attached hydrogens (tertiary/aromatic N) is 1. The average molecular weight is 333 g/mol. The fraction of sp³-hybridized carbons (Fsp3) is 0.333. The van der Waals surface area contributed by atoms with Gasteiger partial charge in [0, 0.05) is 25.6 Å². The molecule has 0 radical (unpaired) electrons. The number of carbonyl (C=O) groups excluding carboxylic acids is 2. The lowest BCUT2D eigenvalue weighted by Gasteiger charge is -2.18. The number of amides is 1. The molecule has 1 aliphatic rings. The van der Waals surface area contributed by atoms with Crippen molar-refractivity contribution in [2.24, 2.45) is 5.92 Å². The Morgan fingerprint density at radius 2 is 2.00 bits per heavy atom. The van der Waals surface area contributed by atoms with E-state index < -0.39 is 11.1 Å². The van der Waals surface area contributed by atoms with Gasteiger partial charge in [0.2, 0.25) is 5.91 Å². The first kappa shape index (κ1) is 15.5. The van der Waals surface area contributed by atoms with Crippen LogP contribution in [0.15, 0.2) is 27.8 Å². The van der Waals surface area contributed by atoms with Crippen molar-refractivity contribution >= 4 is 39.2 Å². The lowest BCUT2D eigenvalue weighted by Crippen LogP contribution is -2.28. The van der Waals surface area contributed by atoms with Crippen molar-refractivity contribution in [3.8, 4) is 0 Å². The largest absolute Gasteiger partial charge is 0.311 e. The summed E-state index contributed by atoms with van der Waals surface area (Å²) >= 11 is 1.20. The van der Waals surface area contributed by atoms with Crippen LogP contribution in [0, 0.1) is 5.92 Å². The zero-order valence-electron chi connectivity index (χ0n) is 12.4. The molecular weight excluding hydrogens is 318 g/mol. The number of aromatic amines is 2. The second-order valence-corrected chi connectivity index (χ2v) is 6.68. The third kappa shape index (κ3) is 2.94. The SMILES string of the molecule is CC(=O)SCC1CC(=O)N(c2cccc3c(=O)[nH][nH]c(=O)c23)C1. The monoisotopic (exact) mass is 333 g/mol. The average Bonchev–Trinajstić information content (AvgIpc) is 2.89. The number of thioether (sulfide) groups is 1. The summed E-state index contributed by atoms with van der Waals surface area (Å²) in [5.74, 6) is 0.512. The lowest BCUT2D eigenvalue weighted by atomic mass is 10.1. The molecular formula is C15H15N3O4S. The van der Waals surface area contributed by atoms with E-state index in [9.17, 15) is 19.2 Å². The standard InChI is InChI=1S/C15H15N3O4S/c1-8(19)23-7-9-5-12(20)18(6-9)11-4-2-3-10-13(11)15(22)17-16-14(10)21/h2-4,9H,5-7H2,1H3,(H,16,21)(H,17,22). The Bertz CT molecular complexity index is 901. The van der Waals surface area contributed by atoms with E-state index in [-0.39, 0.29) is 27.7 Å². The quantitative estimate of drug-likeness (QED) is 0.867. The number of nitrogens with one attached hydrogen (secondary N) is 2. The van der Waals surface area contributed by atoms with Crippen LogP contribution in [0.25, 0.3) is 10.8 Å². The predicted molar refractivity (Wildman–Crippen MR) is 88.8 cm³/mol. The van der Waals surface area contributed by atoms with Gasteiger partial charge in [-0.15, -0.1) is 0 Å². The Kier molecular flexibility index (Phi) is 4.08.